The third kappa shape index (κ3) is 4.25. The van der Waals surface area contributed by atoms with Gasteiger partial charge < -0.3 is 0 Å². The second kappa shape index (κ2) is 6.59. The molecule has 0 aliphatic carbocycles. The van der Waals surface area contributed by atoms with Crippen molar-refractivity contribution in [3.63, 3.8) is 0 Å². The van der Waals surface area contributed by atoms with Crippen LogP contribution < -0.4 is 4.72 Å². The average Bonchev–Trinajstić information content (AvgIpc) is 2.47. The maximum atomic E-state index is 13.2. The molecule has 2 aromatic carbocycles. The molecule has 0 radical (unpaired) electrons. The number of nitrogens with zero attached hydrogens (tertiary/aromatic N) is 1. The molecule has 0 aliphatic heterocycles. The maximum Gasteiger partial charge on any atom is 0.419 e. The van der Waals surface area contributed by atoms with Crippen molar-refractivity contribution in [3.8, 4) is 0 Å². The van der Waals surface area contributed by atoms with Gasteiger partial charge in [0, 0.05) is 16.2 Å². The van der Waals surface area contributed by atoms with Crippen LogP contribution in [0.3, 0.4) is 0 Å². The van der Waals surface area contributed by atoms with Gasteiger partial charge >= 0.3 is 6.18 Å². The highest BCUT2D eigenvalue weighted by Gasteiger charge is 2.35. The Balaban J connectivity index is 2.49. The molecule has 2 aromatic rings. The summed E-state index contributed by atoms with van der Waals surface area (Å²) >= 11 is 2.95. The van der Waals surface area contributed by atoms with Gasteiger partial charge in [0.15, 0.2) is 4.90 Å². The SMILES string of the molecule is O=[N+]([O-])c1cc(Br)ccc1S(=O)(=O)Nc1ccc(F)c(C(F)(F)F)c1. The fourth-order valence-electron chi connectivity index (χ4n) is 1.88. The summed E-state index contributed by atoms with van der Waals surface area (Å²) in [7, 11) is -4.58. The monoisotopic (exact) mass is 442 g/mol. The van der Waals surface area contributed by atoms with Crippen LogP contribution in [0, 0.1) is 15.9 Å². The van der Waals surface area contributed by atoms with E-state index < -0.39 is 48.8 Å². The molecule has 0 atom stereocenters. The summed E-state index contributed by atoms with van der Waals surface area (Å²) in [4.78, 5) is 9.29. The number of halogens is 5. The number of sulfonamides is 1. The first kappa shape index (κ1) is 19.1. The van der Waals surface area contributed by atoms with Crippen LogP contribution in [-0.2, 0) is 16.2 Å². The number of alkyl halides is 3. The summed E-state index contributed by atoms with van der Waals surface area (Å²) in [5.74, 6) is -1.58. The Kier molecular flexibility index (Phi) is 5.04. The van der Waals surface area contributed by atoms with Crippen molar-refractivity contribution in [2.24, 2.45) is 0 Å². The number of nitrogens with one attached hydrogen (secondary N) is 1. The van der Waals surface area contributed by atoms with E-state index in [0.717, 1.165) is 18.2 Å². The first-order valence-corrected chi connectivity index (χ1v) is 8.53. The standard InChI is InChI=1S/C13H7BrF4N2O4S/c14-7-1-4-12(11(5-7)20(21)22)25(23,24)19-8-2-3-10(15)9(6-8)13(16,17)18/h1-6,19H. The molecule has 2 rings (SSSR count). The molecule has 0 saturated heterocycles. The second-order valence-electron chi connectivity index (χ2n) is 4.67. The number of benzene rings is 2. The van der Waals surface area contributed by atoms with Gasteiger partial charge in [-0.15, -0.1) is 0 Å². The van der Waals surface area contributed by atoms with E-state index in [1.54, 1.807) is 4.72 Å². The molecular weight excluding hydrogens is 436 g/mol. The molecule has 0 heterocycles. The lowest BCUT2D eigenvalue weighted by Crippen LogP contribution is -2.16. The van der Waals surface area contributed by atoms with Crippen molar-refractivity contribution < 1.29 is 30.9 Å². The van der Waals surface area contributed by atoms with Gasteiger partial charge in [-0.2, -0.15) is 13.2 Å². The Morgan fingerprint density at radius 3 is 2.32 bits per heavy atom. The highest BCUT2D eigenvalue weighted by Crippen LogP contribution is 2.34. The summed E-state index contributed by atoms with van der Waals surface area (Å²) in [6.45, 7) is 0. The minimum atomic E-state index is -5.03. The van der Waals surface area contributed by atoms with Crippen LogP contribution >= 0.6 is 15.9 Å². The van der Waals surface area contributed by atoms with Crippen LogP contribution in [0.2, 0.25) is 0 Å². The number of hydrogen-bond acceptors (Lipinski definition) is 4. The molecule has 0 aromatic heterocycles. The van der Waals surface area contributed by atoms with Gasteiger partial charge in [0.2, 0.25) is 0 Å². The first-order valence-electron chi connectivity index (χ1n) is 6.25. The number of anilines is 1. The summed E-state index contributed by atoms with van der Waals surface area (Å²) in [6.07, 6.45) is -5.03. The number of nitro groups is 1. The van der Waals surface area contributed by atoms with Crippen LogP contribution in [0.4, 0.5) is 28.9 Å². The largest absolute Gasteiger partial charge is 0.419 e. The molecule has 0 aliphatic rings. The highest BCUT2D eigenvalue weighted by molar-refractivity contribution is 9.10. The Labute approximate surface area is 146 Å². The van der Waals surface area contributed by atoms with Crippen molar-refractivity contribution in [2.75, 3.05) is 4.72 Å². The normalized spacial score (nSPS) is 12.0. The molecule has 0 amide bonds. The quantitative estimate of drug-likeness (QED) is 0.433. The second-order valence-corrected chi connectivity index (χ2v) is 7.23. The predicted molar refractivity (Wildman–Crippen MR) is 83.0 cm³/mol. The van der Waals surface area contributed by atoms with Crippen LogP contribution in [0.5, 0.6) is 0 Å². The maximum absolute atomic E-state index is 13.2. The van der Waals surface area contributed by atoms with Gasteiger partial charge in [-0.1, -0.05) is 15.9 Å². The van der Waals surface area contributed by atoms with Crippen molar-refractivity contribution in [2.45, 2.75) is 11.1 Å². The molecule has 6 nitrogen and oxygen atoms in total. The number of hydrogen-bond donors (Lipinski definition) is 1. The molecular formula is C13H7BrF4N2O4S. The topological polar surface area (TPSA) is 89.3 Å². The van der Waals surface area contributed by atoms with Crippen molar-refractivity contribution in [1.29, 1.82) is 0 Å². The molecule has 134 valence electrons. The van der Waals surface area contributed by atoms with E-state index in [0.29, 0.717) is 6.07 Å². The zero-order chi connectivity index (χ0) is 19.0. The first-order chi connectivity index (χ1) is 11.4. The minimum absolute atomic E-state index is 0.235. The van der Waals surface area contributed by atoms with Crippen LogP contribution in [-0.4, -0.2) is 13.3 Å². The molecule has 0 spiro atoms. The van der Waals surface area contributed by atoms with Gasteiger partial charge in [0.1, 0.15) is 5.82 Å². The number of rotatable bonds is 4. The van der Waals surface area contributed by atoms with Gasteiger partial charge in [-0.25, -0.2) is 12.8 Å². The van der Waals surface area contributed by atoms with E-state index in [-0.39, 0.29) is 10.5 Å². The van der Waals surface area contributed by atoms with Crippen LogP contribution in [0.25, 0.3) is 0 Å². The predicted octanol–water partition coefficient (Wildman–Crippen LogP) is 4.32. The number of nitro benzene ring substituents is 1. The molecule has 25 heavy (non-hydrogen) atoms. The van der Waals surface area contributed by atoms with E-state index in [1.165, 1.54) is 6.07 Å². The summed E-state index contributed by atoms with van der Waals surface area (Å²) in [5, 5.41) is 11.0. The molecule has 0 unspecified atom stereocenters. The minimum Gasteiger partial charge on any atom is -0.279 e. The van der Waals surface area contributed by atoms with E-state index in [9.17, 15) is 36.1 Å². The van der Waals surface area contributed by atoms with Gasteiger partial charge in [0.05, 0.1) is 10.5 Å². The zero-order valence-corrected chi connectivity index (χ0v) is 14.2. The van der Waals surface area contributed by atoms with E-state index >= 15 is 0 Å². The van der Waals surface area contributed by atoms with Gasteiger partial charge in [-0.3, -0.25) is 14.8 Å². The smallest absolute Gasteiger partial charge is 0.279 e. The van der Waals surface area contributed by atoms with Crippen LogP contribution in [0.1, 0.15) is 5.56 Å². The zero-order valence-electron chi connectivity index (χ0n) is 11.8. The highest BCUT2D eigenvalue weighted by atomic mass is 79.9. The molecule has 0 saturated carbocycles. The van der Waals surface area contributed by atoms with E-state index in [4.69, 9.17) is 0 Å². The summed E-state index contributed by atoms with van der Waals surface area (Å²) in [5.41, 5.74) is -3.04. The lowest BCUT2D eigenvalue weighted by molar-refractivity contribution is -0.387. The molecule has 0 fully saturated rings. The average molecular weight is 443 g/mol. The van der Waals surface area contributed by atoms with E-state index in [2.05, 4.69) is 15.9 Å². The lowest BCUT2D eigenvalue weighted by Gasteiger charge is -2.12. The Morgan fingerprint density at radius 1 is 1.12 bits per heavy atom. The Hall–Kier alpha value is -2.21. The summed E-state index contributed by atoms with van der Waals surface area (Å²) in [6, 6.07) is 4.54. The third-order valence-corrected chi connectivity index (χ3v) is 4.85. The lowest BCUT2D eigenvalue weighted by atomic mass is 10.2. The van der Waals surface area contributed by atoms with Gasteiger partial charge in [0.25, 0.3) is 15.7 Å². The fourth-order valence-corrected chi connectivity index (χ4v) is 3.43. The molecule has 12 heteroatoms. The van der Waals surface area contributed by atoms with Gasteiger partial charge in [-0.05, 0) is 30.3 Å². The molecule has 1 N–H and O–H groups in total. The van der Waals surface area contributed by atoms with Crippen LogP contribution in [0.15, 0.2) is 45.8 Å². The fraction of sp³-hybridized carbons (Fsp3) is 0.0769. The Bertz CT molecular complexity index is 948. The van der Waals surface area contributed by atoms with Crippen molar-refractivity contribution >= 4 is 37.3 Å². The third-order valence-electron chi connectivity index (χ3n) is 2.93. The molecule has 0 bridgehead atoms. The Morgan fingerprint density at radius 2 is 1.76 bits per heavy atom. The van der Waals surface area contributed by atoms with Crippen molar-refractivity contribution in [3.05, 3.63) is 62.4 Å². The van der Waals surface area contributed by atoms with E-state index in [1.807, 2.05) is 0 Å². The summed E-state index contributed by atoms with van der Waals surface area (Å²) < 4.78 is 77.9. The van der Waals surface area contributed by atoms with Crippen molar-refractivity contribution in [1.82, 2.24) is 0 Å².